The Kier molecular flexibility index (Phi) is 9.00. The van der Waals surface area contributed by atoms with E-state index in [1.165, 1.54) is 14.2 Å². The first kappa shape index (κ1) is 37.7. The summed E-state index contributed by atoms with van der Waals surface area (Å²) in [6, 6.07) is 25.4. The smallest absolute Gasteiger partial charge is 0.337 e. The second kappa shape index (κ2) is 15.3. The van der Waals surface area contributed by atoms with Crippen LogP contribution < -0.4 is 0 Å². The third-order valence-electron chi connectivity index (χ3n) is 10.7. The van der Waals surface area contributed by atoms with Gasteiger partial charge in [0.05, 0.1) is 47.8 Å². The molecule has 64 heavy (non-hydrogen) atoms. The van der Waals surface area contributed by atoms with Crippen molar-refractivity contribution >= 4 is 57.8 Å². The second-order valence-corrected chi connectivity index (χ2v) is 14.4. The molecule has 18 heteroatoms. The molecule has 310 valence electrons. The molecule has 2 aliphatic heterocycles. The number of benzene rings is 2. The molecule has 0 unspecified atom stereocenters. The molecule has 2 N–H and O–H groups in total. The molecule has 18 nitrogen and oxygen atoms in total. The molecule has 2 aliphatic rings. The summed E-state index contributed by atoms with van der Waals surface area (Å²) in [5, 5.41) is 18.3. The normalized spacial score (nSPS) is 12.2. The van der Waals surface area contributed by atoms with Gasteiger partial charge >= 0.3 is 11.9 Å². The number of hydrogen-bond donors (Lipinski definition) is 2. The number of aromatic amines is 2. The molecule has 8 bridgehead atoms. The Morgan fingerprint density at radius 3 is 1.22 bits per heavy atom. The molecular formula is C46H32N14O4. The van der Waals surface area contributed by atoms with Gasteiger partial charge in [-0.15, -0.1) is 0 Å². The highest BCUT2D eigenvalue weighted by atomic mass is 16.5. The molecule has 0 radical (unpaired) electrons. The topological polar surface area (TPSA) is 207 Å². The van der Waals surface area contributed by atoms with E-state index in [0.29, 0.717) is 90.4 Å². The lowest BCUT2D eigenvalue weighted by Crippen LogP contribution is -2.00. The van der Waals surface area contributed by atoms with Crippen LogP contribution in [0.2, 0.25) is 0 Å². The van der Waals surface area contributed by atoms with Crippen molar-refractivity contribution < 1.29 is 19.1 Å². The molecule has 0 saturated heterocycles. The number of fused-ring (bicyclic) bond motifs is 8. The Morgan fingerprint density at radius 1 is 0.500 bits per heavy atom. The van der Waals surface area contributed by atoms with E-state index in [2.05, 4.69) is 30.4 Å². The van der Waals surface area contributed by atoms with Crippen LogP contribution >= 0.6 is 0 Å². The van der Waals surface area contributed by atoms with Crippen molar-refractivity contribution in [1.82, 2.24) is 69.0 Å². The number of nitrogens with one attached hydrogen (secondary N) is 2. The van der Waals surface area contributed by atoms with Crippen LogP contribution in [0.1, 0.15) is 43.8 Å². The van der Waals surface area contributed by atoms with Crippen molar-refractivity contribution in [2.24, 2.45) is 0 Å². The molecule has 0 saturated carbocycles. The van der Waals surface area contributed by atoms with E-state index in [9.17, 15) is 9.59 Å². The molecule has 2 aromatic carbocycles. The molecular weight excluding hydrogens is 813 g/mol. The zero-order valence-electron chi connectivity index (χ0n) is 33.9. The van der Waals surface area contributed by atoms with Gasteiger partial charge in [0.1, 0.15) is 22.8 Å². The summed E-state index contributed by atoms with van der Waals surface area (Å²) in [6.45, 7) is 0. The Hall–Kier alpha value is -9.32. The minimum absolute atomic E-state index is 0.346. The number of aromatic nitrogens is 14. The van der Waals surface area contributed by atoms with Gasteiger partial charge in [-0.05, 0) is 83.9 Å². The van der Waals surface area contributed by atoms with E-state index >= 15 is 0 Å². The number of carbonyl (C=O) groups excluding carboxylic acids is 2. The fourth-order valence-electron chi connectivity index (χ4n) is 7.73. The average molecular weight is 845 g/mol. The standard InChI is InChI=1S/C46H32N14O4/c1-63-45(61)29-11-7-27(8-12-29)39-31-23-35(57-19-3-15-47-57)41(51-31)55-43-37(59-21-5-17-49-59)25-33(53-43)40(28-9-13-30(14-10-28)46(62)64-2)34-26-38(60-22-6-18-50-60)44(54-34)56-42-36(24-32(39)52-42)58-20-4-16-48-58/h3-26H,1-2H3,(H,51,53,55)(H,52,54,56). The summed E-state index contributed by atoms with van der Waals surface area (Å²) in [5.41, 5.74) is 9.19. The Balaban J connectivity index is 1.31. The highest BCUT2D eigenvalue weighted by molar-refractivity contribution is 5.98. The van der Waals surface area contributed by atoms with Gasteiger partial charge in [-0.1, -0.05) is 24.3 Å². The van der Waals surface area contributed by atoms with E-state index < -0.39 is 11.9 Å². The van der Waals surface area contributed by atoms with Crippen LogP contribution in [-0.2, 0) is 9.47 Å². The van der Waals surface area contributed by atoms with E-state index in [1.54, 1.807) is 67.8 Å². The molecule has 0 fully saturated rings. The number of hydrogen-bond acceptors (Lipinski definition) is 12. The maximum Gasteiger partial charge on any atom is 0.337 e. The SMILES string of the molecule is COC(=O)c1ccc(-c2c3nc(nc4[nH]c(cc4-n4cccn4)c(-c4ccc(C(=O)OC)cc4)c4nc(nc5[nH]c2cc5-n2cccn2)C(n2cccn2)=C4)C(n2cccn2)=C3)cc1. The zero-order valence-corrected chi connectivity index (χ0v) is 33.9. The van der Waals surface area contributed by atoms with Crippen LogP contribution in [-0.4, -0.2) is 95.2 Å². The third-order valence-corrected chi connectivity index (χ3v) is 10.7. The van der Waals surface area contributed by atoms with Gasteiger partial charge in [0.25, 0.3) is 0 Å². The van der Waals surface area contributed by atoms with Crippen molar-refractivity contribution in [3.8, 4) is 33.6 Å². The fourth-order valence-corrected chi connectivity index (χ4v) is 7.73. The predicted molar refractivity (Wildman–Crippen MR) is 235 cm³/mol. The van der Waals surface area contributed by atoms with Gasteiger partial charge < -0.3 is 19.4 Å². The maximum absolute atomic E-state index is 12.6. The fraction of sp³-hybridized carbons (Fsp3) is 0.0435. The van der Waals surface area contributed by atoms with Gasteiger partial charge in [-0.2, -0.15) is 20.4 Å². The first-order valence-electron chi connectivity index (χ1n) is 19.8. The molecule has 0 spiro atoms. The largest absolute Gasteiger partial charge is 0.465 e. The minimum atomic E-state index is -0.462. The van der Waals surface area contributed by atoms with Crippen LogP contribution in [0.3, 0.4) is 0 Å². The molecule has 9 heterocycles. The monoisotopic (exact) mass is 844 g/mol. The summed E-state index contributed by atoms with van der Waals surface area (Å²) >= 11 is 0. The summed E-state index contributed by atoms with van der Waals surface area (Å²) in [4.78, 5) is 53.2. The van der Waals surface area contributed by atoms with Crippen LogP contribution in [0.4, 0.5) is 0 Å². The van der Waals surface area contributed by atoms with Crippen LogP contribution in [0.25, 0.3) is 79.5 Å². The molecule has 0 amide bonds. The quantitative estimate of drug-likeness (QED) is 0.150. The third kappa shape index (κ3) is 6.54. The second-order valence-electron chi connectivity index (χ2n) is 14.4. The molecule has 11 rings (SSSR count). The van der Waals surface area contributed by atoms with E-state index in [1.807, 2.05) is 97.6 Å². The van der Waals surface area contributed by atoms with Crippen LogP contribution in [0, 0.1) is 0 Å². The molecule has 0 atom stereocenters. The highest BCUT2D eigenvalue weighted by Gasteiger charge is 2.24. The number of H-pyrrole nitrogens is 2. The predicted octanol–water partition coefficient (Wildman–Crippen LogP) is 6.87. The highest BCUT2D eigenvalue weighted by Crippen LogP contribution is 2.37. The van der Waals surface area contributed by atoms with Crippen LogP contribution in [0.5, 0.6) is 0 Å². The Bertz CT molecular complexity index is 3240. The number of carbonyl (C=O) groups is 2. The zero-order chi connectivity index (χ0) is 43.3. The van der Waals surface area contributed by atoms with E-state index in [4.69, 9.17) is 29.4 Å². The van der Waals surface area contributed by atoms with Crippen molar-refractivity contribution in [3.63, 3.8) is 0 Å². The lowest BCUT2D eigenvalue weighted by atomic mass is 10.0. The molecule has 0 aliphatic carbocycles. The first-order chi connectivity index (χ1) is 31.4. The summed E-state index contributed by atoms with van der Waals surface area (Å²) in [7, 11) is 2.69. The van der Waals surface area contributed by atoms with Crippen molar-refractivity contribution in [2.45, 2.75) is 0 Å². The number of esters is 2. The maximum atomic E-state index is 12.6. The summed E-state index contributed by atoms with van der Waals surface area (Å²) in [6.07, 6.45) is 17.9. The number of methoxy groups -OCH3 is 2. The summed E-state index contributed by atoms with van der Waals surface area (Å²) < 4.78 is 16.9. The van der Waals surface area contributed by atoms with Gasteiger partial charge in [-0.25, -0.2) is 48.3 Å². The van der Waals surface area contributed by atoms with Gasteiger partial charge in [0.15, 0.2) is 22.9 Å². The average Bonchev–Trinajstić information content (AvgIpc) is 4.17. The Labute approximate surface area is 361 Å². The van der Waals surface area contributed by atoms with Crippen LogP contribution in [0.15, 0.2) is 135 Å². The minimum Gasteiger partial charge on any atom is -0.465 e. The summed E-state index contributed by atoms with van der Waals surface area (Å²) in [5.74, 6) is -0.231. The van der Waals surface area contributed by atoms with Crippen molar-refractivity contribution in [1.29, 1.82) is 0 Å². The van der Waals surface area contributed by atoms with Gasteiger partial charge in [-0.3, -0.25) is 0 Å². The lowest BCUT2D eigenvalue weighted by Gasteiger charge is -2.05. The van der Waals surface area contributed by atoms with E-state index in [0.717, 1.165) is 11.1 Å². The first-order valence-corrected chi connectivity index (χ1v) is 19.8. The molecule has 9 aromatic rings. The number of ether oxygens (including phenoxy) is 2. The number of rotatable bonds is 8. The van der Waals surface area contributed by atoms with Gasteiger partial charge in [0.2, 0.25) is 0 Å². The lowest BCUT2D eigenvalue weighted by molar-refractivity contribution is 0.0592. The Morgan fingerprint density at radius 2 is 0.875 bits per heavy atom. The number of nitrogens with zero attached hydrogens (tertiary/aromatic N) is 12. The van der Waals surface area contributed by atoms with E-state index in [-0.39, 0.29) is 0 Å². The van der Waals surface area contributed by atoms with Crippen molar-refractivity contribution in [2.75, 3.05) is 14.2 Å². The van der Waals surface area contributed by atoms with Gasteiger partial charge in [0, 0.05) is 60.7 Å². The van der Waals surface area contributed by atoms with Crippen molar-refractivity contribution in [3.05, 3.63) is 169 Å². The molecule has 7 aromatic heterocycles.